The molecule has 0 radical (unpaired) electrons. The number of carbonyl (C=O) groups excluding carboxylic acids is 2. The Balaban J connectivity index is 1.64. The molecule has 0 saturated carbocycles. The highest BCUT2D eigenvalue weighted by molar-refractivity contribution is 5.97. The summed E-state index contributed by atoms with van der Waals surface area (Å²) in [6.07, 6.45) is 3.25. The van der Waals surface area contributed by atoms with Gasteiger partial charge in [0.2, 0.25) is 5.91 Å². The molecule has 0 bridgehead atoms. The van der Waals surface area contributed by atoms with Crippen molar-refractivity contribution in [2.24, 2.45) is 0 Å². The van der Waals surface area contributed by atoms with Crippen LogP contribution in [0.3, 0.4) is 0 Å². The van der Waals surface area contributed by atoms with E-state index in [1.54, 1.807) is 43.6 Å². The number of anilines is 1. The lowest BCUT2D eigenvalue weighted by Gasteiger charge is -2.08. The number of amides is 1. The predicted octanol–water partition coefficient (Wildman–Crippen LogP) is 2.46. The third-order valence-corrected chi connectivity index (χ3v) is 4.28. The van der Waals surface area contributed by atoms with Crippen molar-refractivity contribution in [1.29, 1.82) is 0 Å². The molecular weight excluding hydrogens is 376 g/mol. The Morgan fingerprint density at radius 3 is 2.90 bits per heavy atom. The lowest BCUT2D eigenvalue weighted by atomic mass is 10.1. The van der Waals surface area contributed by atoms with Crippen LogP contribution in [0.4, 0.5) is 5.69 Å². The van der Waals surface area contributed by atoms with Crippen molar-refractivity contribution in [3.05, 3.63) is 70.0 Å². The average molecular weight is 392 g/mol. The van der Waals surface area contributed by atoms with E-state index in [1.165, 1.54) is 17.5 Å². The maximum absolute atomic E-state index is 12.6. The highest BCUT2D eigenvalue weighted by Gasteiger charge is 2.20. The standard InChI is InChI=1S/C20H16N4O5/c1-11-18(19-21-6-3-7-24(19)23-11)20(27)28-10-13-8-17(26)29-16-9-14(22-12(2)25)4-5-15(13)16/h3-9H,10H2,1-2H3,(H,22,25). The largest absolute Gasteiger partial charge is 0.457 e. The topological polar surface area (TPSA) is 116 Å². The Morgan fingerprint density at radius 1 is 1.28 bits per heavy atom. The van der Waals surface area contributed by atoms with E-state index in [9.17, 15) is 14.4 Å². The molecule has 0 aliphatic heterocycles. The molecule has 1 N–H and O–H groups in total. The first kappa shape index (κ1) is 18.4. The molecule has 0 aliphatic rings. The first-order valence-electron chi connectivity index (χ1n) is 8.74. The molecule has 0 spiro atoms. The maximum Gasteiger partial charge on any atom is 0.344 e. The Morgan fingerprint density at radius 2 is 2.10 bits per heavy atom. The monoisotopic (exact) mass is 392 g/mol. The van der Waals surface area contributed by atoms with E-state index < -0.39 is 11.6 Å². The smallest absolute Gasteiger partial charge is 0.344 e. The average Bonchev–Trinajstić information content (AvgIpc) is 3.00. The lowest BCUT2D eigenvalue weighted by Crippen LogP contribution is -2.09. The van der Waals surface area contributed by atoms with Gasteiger partial charge < -0.3 is 14.5 Å². The normalized spacial score (nSPS) is 11.0. The summed E-state index contributed by atoms with van der Waals surface area (Å²) in [7, 11) is 0. The van der Waals surface area contributed by atoms with Gasteiger partial charge in [0.1, 0.15) is 17.8 Å². The summed E-state index contributed by atoms with van der Waals surface area (Å²) in [6.45, 7) is 2.94. The summed E-state index contributed by atoms with van der Waals surface area (Å²) in [5, 5.41) is 7.46. The third-order valence-electron chi connectivity index (χ3n) is 4.28. The fourth-order valence-electron chi connectivity index (χ4n) is 3.08. The molecule has 0 saturated heterocycles. The highest BCUT2D eigenvalue weighted by atomic mass is 16.5. The van der Waals surface area contributed by atoms with Gasteiger partial charge in [-0.1, -0.05) is 0 Å². The molecule has 0 unspecified atom stereocenters. The van der Waals surface area contributed by atoms with Gasteiger partial charge in [-0.05, 0) is 25.1 Å². The second-order valence-corrected chi connectivity index (χ2v) is 6.41. The zero-order valence-electron chi connectivity index (χ0n) is 15.6. The van der Waals surface area contributed by atoms with Crippen LogP contribution in [0.1, 0.15) is 28.5 Å². The number of hydrogen-bond acceptors (Lipinski definition) is 7. The van der Waals surface area contributed by atoms with Crippen LogP contribution in [0.15, 0.2) is 51.9 Å². The minimum Gasteiger partial charge on any atom is -0.457 e. The summed E-state index contributed by atoms with van der Waals surface area (Å²) < 4.78 is 12.1. The van der Waals surface area contributed by atoms with Crippen molar-refractivity contribution in [3.63, 3.8) is 0 Å². The summed E-state index contributed by atoms with van der Waals surface area (Å²) in [5.41, 5.74) is 1.83. The van der Waals surface area contributed by atoms with Crippen LogP contribution in [0.2, 0.25) is 0 Å². The Kier molecular flexibility index (Phi) is 4.55. The quantitative estimate of drug-likeness (QED) is 0.419. The van der Waals surface area contributed by atoms with Crippen LogP contribution in [-0.2, 0) is 16.1 Å². The van der Waals surface area contributed by atoms with E-state index in [1.807, 2.05) is 0 Å². The summed E-state index contributed by atoms with van der Waals surface area (Å²) in [6, 6.07) is 7.89. The van der Waals surface area contributed by atoms with E-state index in [-0.39, 0.29) is 23.7 Å². The number of esters is 1. The molecule has 3 aromatic heterocycles. The Bertz CT molecular complexity index is 1320. The Hall–Kier alpha value is -4.01. The zero-order valence-corrected chi connectivity index (χ0v) is 15.6. The molecular formula is C20H16N4O5. The molecule has 1 amide bonds. The van der Waals surface area contributed by atoms with Gasteiger partial charge in [0.25, 0.3) is 0 Å². The van der Waals surface area contributed by atoms with E-state index in [2.05, 4.69) is 15.4 Å². The molecule has 146 valence electrons. The van der Waals surface area contributed by atoms with Crippen LogP contribution >= 0.6 is 0 Å². The van der Waals surface area contributed by atoms with Crippen molar-refractivity contribution in [2.45, 2.75) is 20.5 Å². The molecule has 4 aromatic rings. The van der Waals surface area contributed by atoms with Gasteiger partial charge >= 0.3 is 11.6 Å². The van der Waals surface area contributed by atoms with Crippen LogP contribution < -0.4 is 10.9 Å². The van der Waals surface area contributed by atoms with Crippen molar-refractivity contribution < 1.29 is 18.7 Å². The van der Waals surface area contributed by atoms with Crippen LogP contribution in [0.5, 0.6) is 0 Å². The molecule has 9 nitrogen and oxygen atoms in total. The van der Waals surface area contributed by atoms with Crippen molar-refractivity contribution in [2.75, 3.05) is 5.32 Å². The highest BCUT2D eigenvalue weighted by Crippen LogP contribution is 2.23. The molecule has 1 aromatic carbocycles. The van der Waals surface area contributed by atoms with E-state index in [0.717, 1.165) is 0 Å². The second kappa shape index (κ2) is 7.19. The van der Waals surface area contributed by atoms with Gasteiger partial charge in [0, 0.05) is 48.1 Å². The number of aromatic nitrogens is 3. The summed E-state index contributed by atoms with van der Waals surface area (Å²) in [4.78, 5) is 40.0. The molecule has 3 heterocycles. The van der Waals surface area contributed by atoms with E-state index >= 15 is 0 Å². The van der Waals surface area contributed by atoms with Gasteiger partial charge in [0.05, 0.1) is 5.69 Å². The molecule has 9 heteroatoms. The van der Waals surface area contributed by atoms with Gasteiger partial charge in [0.15, 0.2) is 5.65 Å². The summed E-state index contributed by atoms with van der Waals surface area (Å²) in [5.74, 6) is -0.832. The number of nitrogens with one attached hydrogen (secondary N) is 1. The fraction of sp³-hybridized carbons (Fsp3) is 0.150. The maximum atomic E-state index is 12.6. The number of rotatable bonds is 4. The molecule has 0 fully saturated rings. The molecule has 29 heavy (non-hydrogen) atoms. The van der Waals surface area contributed by atoms with Crippen LogP contribution in [0, 0.1) is 6.92 Å². The molecule has 4 rings (SSSR count). The number of fused-ring (bicyclic) bond motifs is 2. The fourth-order valence-corrected chi connectivity index (χ4v) is 3.08. The van der Waals surface area contributed by atoms with Gasteiger partial charge in [-0.3, -0.25) is 4.79 Å². The van der Waals surface area contributed by atoms with E-state index in [0.29, 0.717) is 28.0 Å². The number of benzene rings is 1. The first-order valence-corrected chi connectivity index (χ1v) is 8.74. The number of carbonyl (C=O) groups is 2. The number of hydrogen-bond donors (Lipinski definition) is 1. The first-order chi connectivity index (χ1) is 13.9. The molecule has 0 atom stereocenters. The number of nitrogens with zero attached hydrogens (tertiary/aromatic N) is 3. The minimum absolute atomic E-state index is 0.135. The summed E-state index contributed by atoms with van der Waals surface area (Å²) >= 11 is 0. The van der Waals surface area contributed by atoms with Gasteiger partial charge in [-0.25, -0.2) is 19.1 Å². The van der Waals surface area contributed by atoms with Crippen LogP contribution in [0.25, 0.3) is 16.6 Å². The van der Waals surface area contributed by atoms with Crippen molar-refractivity contribution in [3.8, 4) is 0 Å². The minimum atomic E-state index is -0.590. The van der Waals surface area contributed by atoms with Crippen molar-refractivity contribution in [1.82, 2.24) is 14.6 Å². The van der Waals surface area contributed by atoms with Crippen LogP contribution in [-0.4, -0.2) is 26.5 Å². The van der Waals surface area contributed by atoms with Crippen molar-refractivity contribution >= 4 is 34.2 Å². The SMILES string of the molecule is CC(=O)Nc1ccc2c(COC(=O)c3c(C)nn4cccnc34)cc(=O)oc2c1. The Labute approximate surface area is 163 Å². The zero-order chi connectivity index (χ0) is 20.5. The van der Waals surface area contributed by atoms with Gasteiger partial charge in [-0.2, -0.15) is 5.10 Å². The third kappa shape index (κ3) is 3.57. The van der Waals surface area contributed by atoms with E-state index in [4.69, 9.17) is 9.15 Å². The number of ether oxygens (including phenoxy) is 1. The predicted molar refractivity (Wildman–Crippen MR) is 104 cm³/mol. The van der Waals surface area contributed by atoms with Gasteiger partial charge in [-0.15, -0.1) is 0 Å². The number of aryl methyl sites for hydroxylation is 1. The lowest BCUT2D eigenvalue weighted by molar-refractivity contribution is -0.114. The molecule has 0 aliphatic carbocycles. The second-order valence-electron chi connectivity index (χ2n) is 6.41.